The van der Waals surface area contributed by atoms with Gasteiger partial charge in [-0.2, -0.15) is 0 Å². The quantitative estimate of drug-likeness (QED) is 0.338. The third-order valence-corrected chi connectivity index (χ3v) is 10.1. The fourth-order valence-electron chi connectivity index (χ4n) is 2.45. The minimum atomic E-state index is -1.57. The standard InChI is InChI=1S/C13H27NO3Si2/c1-10(12(3)17-13(16)11(2)15)14(18(4,5)6)19(7,8)9/h1-9H3/b12-10-. The monoisotopic (exact) mass is 301 g/mol. The first kappa shape index (κ1) is 18.1. The van der Waals surface area contributed by atoms with Crippen LogP contribution in [0.4, 0.5) is 0 Å². The highest BCUT2D eigenvalue weighted by Gasteiger charge is 2.35. The fourth-order valence-corrected chi connectivity index (χ4v) is 12.8. The van der Waals surface area contributed by atoms with Crippen molar-refractivity contribution in [3.05, 3.63) is 11.5 Å². The van der Waals surface area contributed by atoms with E-state index in [1.807, 2.05) is 6.92 Å². The molecule has 0 bridgehead atoms. The fraction of sp³-hybridized carbons (Fsp3) is 0.692. The minimum Gasteiger partial charge on any atom is -0.425 e. The van der Waals surface area contributed by atoms with Crippen LogP contribution in [0.25, 0.3) is 0 Å². The maximum Gasteiger partial charge on any atom is 0.379 e. The first-order chi connectivity index (χ1) is 8.28. The number of Topliss-reactive ketones (excluding diaryl/α,β-unsaturated/α-hetero) is 1. The number of esters is 1. The lowest BCUT2D eigenvalue weighted by Crippen LogP contribution is -2.58. The molecule has 19 heavy (non-hydrogen) atoms. The maximum atomic E-state index is 11.4. The predicted octanol–water partition coefficient (Wildman–Crippen LogP) is 3.34. The van der Waals surface area contributed by atoms with Gasteiger partial charge in [0.15, 0.2) is 0 Å². The third kappa shape index (κ3) is 5.32. The number of ketones is 1. The molecule has 0 saturated heterocycles. The van der Waals surface area contributed by atoms with Crippen LogP contribution in [0.3, 0.4) is 0 Å². The molecule has 0 aromatic heterocycles. The molecule has 0 aromatic carbocycles. The molecule has 0 saturated carbocycles. The van der Waals surface area contributed by atoms with Crippen LogP contribution in [0.2, 0.25) is 39.3 Å². The summed E-state index contributed by atoms with van der Waals surface area (Å²) >= 11 is 0. The van der Waals surface area contributed by atoms with Crippen LogP contribution in [-0.4, -0.2) is 32.5 Å². The molecule has 0 fully saturated rings. The van der Waals surface area contributed by atoms with Crippen molar-refractivity contribution in [2.75, 3.05) is 0 Å². The molecule has 0 aromatic rings. The highest BCUT2D eigenvalue weighted by molar-refractivity contribution is 6.90. The van der Waals surface area contributed by atoms with Gasteiger partial charge in [-0.15, -0.1) is 0 Å². The minimum absolute atomic E-state index is 0.532. The van der Waals surface area contributed by atoms with Gasteiger partial charge >= 0.3 is 5.97 Å². The summed E-state index contributed by atoms with van der Waals surface area (Å²) in [7, 11) is -3.13. The van der Waals surface area contributed by atoms with Gasteiger partial charge in [0.05, 0.1) is 0 Å². The number of carbonyl (C=O) groups is 2. The second kappa shape index (κ2) is 6.04. The largest absolute Gasteiger partial charge is 0.425 e. The van der Waals surface area contributed by atoms with Crippen molar-refractivity contribution >= 4 is 28.2 Å². The Bertz CT molecular complexity index is 389. The number of hydrogen-bond acceptors (Lipinski definition) is 4. The molecule has 0 radical (unpaired) electrons. The van der Waals surface area contributed by atoms with E-state index in [4.69, 9.17) is 4.74 Å². The van der Waals surface area contributed by atoms with Gasteiger partial charge in [0.25, 0.3) is 0 Å². The van der Waals surface area contributed by atoms with Crippen molar-refractivity contribution in [2.45, 2.75) is 60.1 Å². The van der Waals surface area contributed by atoms with Crippen molar-refractivity contribution in [3.63, 3.8) is 0 Å². The molecule has 6 heteroatoms. The van der Waals surface area contributed by atoms with E-state index in [0.717, 1.165) is 5.70 Å². The Hall–Kier alpha value is -0.886. The summed E-state index contributed by atoms with van der Waals surface area (Å²) in [6.07, 6.45) is 0. The molecule has 0 atom stereocenters. The second-order valence-corrected chi connectivity index (χ2v) is 16.8. The zero-order chi connectivity index (χ0) is 15.6. The molecule has 0 aliphatic carbocycles. The van der Waals surface area contributed by atoms with E-state index in [1.165, 1.54) is 6.92 Å². The smallest absolute Gasteiger partial charge is 0.379 e. The van der Waals surface area contributed by atoms with E-state index in [2.05, 4.69) is 43.5 Å². The van der Waals surface area contributed by atoms with Crippen molar-refractivity contribution in [1.82, 2.24) is 4.23 Å². The summed E-state index contributed by atoms with van der Waals surface area (Å²) < 4.78 is 7.60. The Balaban J connectivity index is 5.47. The van der Waals surface area contributed by atoms with E-state index in [0.29, 0.717) is 5.76 Å². The highest BCUT2D eigenvalue weighted by atomic mass is 28.4. The Morgan fingerprint density at radius 1 is 0.842 bits per heavy atom. The Kier molecular flexibility index (Phi) is 5.76. The SMILES string of the molecule is CC(=O)C(=O)O/C(C)=C(/C)N([Si](C)(C)C)[Si](C)(C)C. The van der Waals surface area contributed by atoms with E-state index in [1.54, 1.807) is 6.92 Å². The van der Waals surface area contributed by atoms with Crippen LogP contribution in [-0.2, 0) is 14.3 Å². The Morgan fingerprint density at radius 2 is 1.21 bits per heavy atom. The van der Waals surface area contributed by atoms with Gasteiger partial charge in [-0.3, -0.25) is 4.79 Å². The molecule has 0 heterocycles. The summed E-state index contributed by atoms with van der Waals surface area (Å²) in [4.78, 5) is 22.3. The van der Waals surface area contributed by atoms with Gasteiger partial charge in [-0.1, -0.05) is 39.3 Å². The first-order valence-corrected chi connectivity index (χ1v) is 13.4. The number of hydrogen-bond donors (Lipinski definition) is 0. The normalized spacial score (nSPS) is 13.7. The number of nitrogens with zero attached hydrogens (tertiary/aromatic N) is 1. The number of carbonyl (C=O) groups excluding carboxylic acids is 2. The van der Waals surface area contributed by atoms with Gasteiger partial charge in [0.1, 0.15) is 22.2 Å². The topological polar surface area (TPSA) is 46.6 Å². The lowest BCUT2D eigenvalue weighted by Gasteiger charge is -2.46. The van der Waals surface area contributed by atoms with Crippen LogP contribution in [0, 0.1) is 0 Å². The van der Waals surface area contributed by atoms with Crippen molar-refractivity contribution in [2.24, 2.45) is 0 Å². The average Bonchev–Trinajstić information content (AvgIpc) is 2.12. The highest BCUT2D eigenvalue weighted by Crippen LogP contribution is 2.27. The van der Waals surface area contributed by atoms with Crippen LogP contribution in [0.15, 0.2) is 11.5 Å². The van der Waals surface area contributed by atoms with Gasteiger partial charge < -0.3 is 8.97 Å². The zero-order valence-corrected chi connectivity index (χ0v) is 15.7. The Morgan fingerprint density at radius 3 is 1.47 bits per heavy atom. The summed E-state index contributed by atoms with van der Waals surface area (Å²) in [6.45, 7) is 18.6. The van der Waals surface area contributed by atoms with E-state index >= 15 is 0 Å². The van der Waals surface area contributed by atoms with Gasteiger partial charge in [0.2, 0.25) is 5.78 Å². The van der Waals surface area contributed by atoms with Crippen molar-refractivity contribution < 1.29 is 14.3 Å². The van der Waals surface area contributed by atoms with E-state index in [-0.39, 0.29) is 0 Å². The summed E-state index contributed by atoms with van der Waals surface area (Å²) in [6, 6.07) is 0. The number of allylic oxidation sites excluding steroid dienone is 2. The summed E-state index contributed by atoms with van der Waals surface area (Å²) in [5.41, 5.74) is 0.980. The van der Waals surface area contributed by atoms with Crippen LogP contribution in [0.1, 0.15) is 20.8 Å². The third-order valence-electron chi connectivity index (χ3n) is 2.72. The molecule has 0 rings (SSSR count). The molecule has 0 aliphatic rings. The van der Waals surface area contributed by atoms with Crippen molar-refractivity contribution in [1.29, 1.82) is 0 Å². The lowest BCUT2D eigenvalue weighted by atomic mass is 10.4. The number of ether oxygens (including phenoxy) is 1. The van der Waals surface area contributed by atoms with Crippen LogP contribution < -0.4 is 0 Å². The summed E-state index contributed by atoms with van der Waals surface area (Å²) in [5.74, 6) is -0.826. The zero-order valence-electron chi connectivity index (χ0n) is 13.7. The van der Waals surface area contributed by atoms with Crippen LogP contribution in [0.5, 0.6) is 0 Å². The van der Waals surface area contributed by atoms with E-state index in [9.17, 15) is 9.59 Å². The Labute approximate surface area is 119 Å². The molecular formula is C13H27NO3Si2. The molecule has 0 unspecified atom stereocenters. The van der Waals surface area contributed by atoms with Crippen molar-refractivity contribution in [3.8, 4) is 0 Å². The summed E-state index contributed by atoms with van der Waals surface area (Å²) in [5, 5.41) is 0. The second-order valence-electron chi connectivity index (χ2n) is 6.76. The molecule has 4 nitrogen and oxygen atoms in total. The van der Waals surface area contributed by atoms with Gasteiger partial charge in [0, 0.05) is 12.6 Å². The maximum absolute atomic E-state index is 11.4. The molecule has 110 valence electrons. The van der Waals surface area contributed by atoms with Gasteiger partial charge in [-0.05, 0) is 13.8 Å². The average molecular weight is 302 g/mol. The lowest BCUT2D eigenvalue weighted by molar-refractivity contribution is -0.149. The van der Waals surface area contributed by atoms with Crippen LogP contribution >= 0.6 is 0 Å². The molecule has 0 N–H and O–H groups in total. The molecule has 0 spiro atoms. The number of rotatable bonds is 5. The van der Waals surface area contributed by atoms with E-state index < -0.39 is 28.2 Å². The predicted molar refractivity (Wildman–Crippen MR) is 83.7 cm³/mol. The molecular weight excluding hydrogens is 274 g/mol. The molecule has 0 amide bonds. The first-order valence-electron chi connectivity index (χ1n) is 6.49. The van der Waals surface area contributed by atoms with Gasteiger partial charge in [-0.25, -0.2) is 4.79 Å². The molecule has 0 aliphatic heterocycles.